The number of nitrogens with one attached hydrogen (secondary N) is 1. The van der Waals surface area contributed by atoms with E-state index >= 15 is 0 Å². The van der Waals surface area contributed by atoms with Crippen LogP contribution in [0.4, 0.5) is 0 Å². The van der Waals surface area contributed by atoms with Gasteiger partial charge in [-0.25, -0.2) is 4.98 Å². The highest BCUT2D eigenvalue weighted by Gasteiger charge is 2.13. The second kappa shape index (κ2) is 5.40. The molecule has 0 saturated carbocycles. The number of nitrogens with zero attached hydrogens (tertiary/aromatic N) is 1. The van der Waals surface area contributed by atoms with Crippen LogP contribution in [-0.4, -0.2) is 9.97 Å². The summed E-state index contributed by atoms with van der Waals surface area (Å²) < 4.78 is 1.33. The fourth-order valence-electron chi connectivity index (χ4n) is 1.63. The maximum Gasteiger partial charge on any atom is 0.123 e. The number of nitrogens with two attached hydrogens (primary N) is 1. The SMILES string of the molecule is CCCC(N)c1ncc(-c2cc(Cl)sc2Cl)[nH]1. The van der Waals surface area contributed by atoms with Gasteiger partial charge in [-0.05, 0) is 12.5 Å². The van der Waals surface area contributed by atoms with E-state index in [0.29, 0.717) is 8.67 Å². The van der Waals surface area contributed by atoms with Crippen LogP contribution < -0.4 is 5.73 Å². The van der Waals surface area contributed by atoms with Crippen molar-refractivity contribution in [2.45, 2.75) is 25.8 Å². The summed E-state index contributed by atoms with van der Waals surface area (Å²) in [7, 11) is 0. The van der Waals surface area contributed by atoms with Gasteiger partial charge in [0, 0.05) is 5.56 Å². The molecule has 1 unspecified atom stereocenters. The Balaban J connectivity index is 2.26. The van der Waals surface area contributed by atoms with Crippen molar-refractivity contribution in [1.82, 2.24) is 9.97 Å². The number of thiophene rings is 1. The van der Waals surface area contributed by atoms with Crippen LogP contribution in [0.1, 0.15) is 31.6 Å². The fourth-order valence-corrected chi connectivity index (χ4v) is 3.13. The van der Waals surface area contributed by atoms with E-state index in [1.165, 1.54) is 11.3 Å². The molecular formula is C11H13Cl2N3S. The van der Waals surface area contributed by atoms with Crippen LogP contribution >= 0.6 is 34.5 Å². The molecule has 0 fully saturated rings. The molecule has 0 aliphatic rings. The third kappa shape index (κ3) is 2.83. The summed E-state index contributed by atoms with van der Waals surface area (Å²) in [5, 5.41) is 0. The van der Waals surface area contributed by atoms with Gasteiger partial charge in [0.2, 0.25) is 0 Å². The normalized spacial score (nSPS) is 12.9. The number of rotatable bonds is 4. The maximum atomic E-state index is 6.08. The monoisotopic (exact) mass is 289 g/mol. The molecule has 2 aromatic heterocycles. The number of hydrogen-bond donors (Lipinski definition) is 2. The lowest BCUT2D eigenvalue weighted by molar-refractivity contribution is 0.609. The lowest BCUT2D eigenvalue weighted by atomic mass is 10.2. The molecule has 2 heterocycles. The van der Waals surface area contributed by atoms with Crippen LogP contribution in [0.2, 0.25) is 8.67 Å². The molecule has 0 aliphatic heterocycles. The second-order valence-electron chi connectivity index (χ2n) is 3.82. The van der Waals surface area contributed by atoms with E-state index in [1.807, 2.05) is 6.07 Å². The summed E-state index contributed by atoms with van der Waals surface area (Å²) >= 11 is 13.3. The van der Waals surface area contributed by atoms with Crippen molar-refractivity contribution in [3.63, 3.8) is 0 Å². The highest BCUT2D eigenvalue weighted by molar-refractivity contribution is 7.20. The molecule has 3 N–H and O–H groups in total. The summed E-state index contributed by atoms with van der Waals surface area (Å²) in [6.07, 6.45) is 3.68. The first-order valence-corrected chi connectivity index (χ1v) is 6.94. The zero-order chi connectivity index (χ0) is 12.4. The molecule has 2 aromatic rings. The Labute approximate surface area is 114 Å². The first-order chi connectivity index (χ1) is 8.11. The Morgan fingerprint density at radius 3 is 2.88 bits per heavy atom. The Kier molecular flexibility index (Phi) is 4.09. The van der Waals surface area contributed by atoms with E-state index in [1.54, 1.807) is 6.20 Å². The van der Waals surface area contributed by atoms with Crippen molar-refractivity contribution in [2.75, 3.05) is 0 Å². The smallest absolute Gasteiger partial charge is 0.123 e. The summed E-state index contributed by atoms with van der Waals surface area (Å²) in [5.74, 6) is 0.792. The predicted molar refractivity (Wildman–Crippen MR) is 73.8 cm³/mol. The van der Waals surface area contributed by atoms with Crippen LogP contribution in [0, 0.1) is 0 Å². The number of hydrogen-bond acceptors (Lipinski definition) is 3. The summed E-state index contributed by atoms with van der Waals surface area (Å²) in [6, 6.07) is 1.78. The van der Waals surface area contributed by atoms with Gasteiger partial charge in [-0.3, -0.25) is 0 Å². The number of aromatic amines is 1. The number of aromatic nitrogens is 2. The van der Waals surface area contributed by atoms with Gasteiger partial charge in [-0.2, -0.15) is 0 Å². The molecule has 2 rings (SSSR count). The highest BCUT2D eigenvalue weighted by Crippen LogP contribution is 2.37. The first kappa shape index (κ1) is 12.9. The van der Waals surface area contributed by atoms with E-state index in [9.17, 15) is 0 Å². The van der Waals surface area contributed by atoms with Gasteiger partial charge in [0.15, 0.2) is 0 Å². The van der Waals surface area contributed by atoms with Crippen LogP contribution in [0.3, 0.4) is 0 Å². The third-order valence-electron chi connectivity index (χ3n) is 2.49. The van der Waals surface area contributed by atoms with E-state index in [2.05, 4.69) is 16.9 Å². The van der Waals surface area contributed by atoms with Crippen molar-refractivity contribution in [1.29, 1.82) is 0 Å². The molecule has 17 heavy (non-hydrogen) atoms. The lowest BCUT2D eigenvalue weighted by Gasteiger charge is -2.05. The van der Waals surface area contributed by atoms with Crippen LogP contribution in [0.5, 0.6) is 0 Å². The molecule has 0 spiro atoms. The van der Waals surface area contributed by atoms with Gasteiger partial charge in [0.05, 0.1) is 22.3 Å². The van der Waals surface area contributed by atoms with E-state index in [0.717, 1.165) is 29.9 Å². The largest absolute Gasteiger partial charge is 0.341 e. The molecule has 0 amide bonds. The van der Waals surface area contributed by atoms with E-state index in [4.69, 9.17) is 28.9 Å². The summed E-state index contributed by atoms with van der Waals surface area (Å²) in [6.45, 7) is 2.10. The Morgan fingerprint density at radius 1 is 1.53 bits per heavy atom. The van der Waals surface area contributed by atoms with Crippen molar-refractivity contribution in [2.24, 2.45) is 5.73 Å². The van der Waals surface area contributed by atoms with Crippen LogP contribution in [-0.2, 0) is 0 Å². The standard InChI is InChI=1S/C11H13Cl2N3S/c1-2-3-7(14)11-15-5-8(16-11)6-4-9(12)17-10(6)13/h4-5,7H,2-3,14H2,1H3,(H,15,16). The second-order valence-corrected chi connectivity index (χ2v) is 6.10. The molecule has 0 bridgehead atoms. The van der Waals surface area contributed by atoms with Crippen LogP contribution in [0.25, 0.3) is 11.3 Å². The van der Waals surface area contributed by atoms with Gasteiger partial charge in [-0.15, -0.1) is 11.3 Å². The van der Waals surface area contributed by atoms with Gasteiger partial charge >= 0.3 is 0 Å². The molecule has 0 aromatic carbocycles. The Hall–Kier alpha value is -0.550. The third-order valence-corrected chi connectivity index (χ3v) is 3.98. The molecular weight excluding hydrogens is 277 g/mol. The molecule has 6 heteroatoms. The molecule has 1 atom stereocenters. The minimum Gasteiger partial charge on any atom is -0.341 e. The molecule has 0 radical (unpaired) electrons. The van der Waals surface area contributed by atoms with Crippen molar-refractivity contribution in [3.05, 3.63) is 26.8 Å². The van der Waals surface area contributed by atoms with Gasteiger partial charge in [0.1, 0.15) is 10.2 Å². The Morgan fingerprint density at radius 2 is 2.29 bits per heavy atom. The molecule has 0 aliphatic carbocycles. The summed E-state index contributed by atoms with van der Waals surface area (Å²) in [5.41, 5.74) is 7.73. The topological polar surface area (TPSA) is 54.7 Å². The van der Waals surface area contributed by atoms with Gasteiger partial charge in [-0.1, -0.05) is 36.5 Å². The number of imidazole rings is 1. The zero-order valence-electron chi connectivity index (χ0n) is 9.34. The van der Waals surface area contributed by atoms with Crippen molar-refractivity contribution >= 4 is 34.5 Å². The average molecular weight is 290 g/mol. The minimum absolute atomic E-state index is 0.0540. The molecule has 3 nitrogen and oxygen atoms in total. The highest BCUT2D eigenvalue weighted by atomic mass is 35.5. The van der Waals surface area contributed by atoms with Crippen molar-refractivity contribution in [3.8, 4) is 11.3 Å². The number of H-pyrrole nitrogens is 1. The van der Waals surface area contributed by atoms with Gasteiger partial charge in [0.25, 0.3) is 0 Å². The van der Waals surface area contributed by atoms with Crippen LogP contribution in [0.15, 0.2) is 12.3 Å². The van der Waals surface area contributed by atoms with Crippen molar-refractivity contribution < 1.29 is 0 Å². The summed E-state index contributed by atoms with van der Waals surface area (Å²) in [4.78, 5) is 7.48. The average Bonchev–Trinajstić information content (AvgIpc) is 2.85. The van der Waals surface area contributed by atoms with E-state index < -0.39 is 0 Å². The lowest BCUT2D eigenvalue weighted by Crippen LogP contribution is -2.11. The zero-order valence-corrected chi connectivity index (χ0v) is 11.7. The Bertz CT molecular complexity index is 507. The molecule has 92 valence electrons. The fraction of sp³-hybridized carbons (Fsp3) is 0.364. The number of halogens is 2. The first-order valence-electron chi connectivity index (χ1n) is 5.37. The van der Waals surface area contributed by atoms with Gasteiger partial charge < -0.3 is 10.7 Å². The molecule has 0 saturated heterocycles. The minimum atomic E-state index is -0.0540. The maximum absolute atomic E-state index is 6.08. The predicted octanol–water partition coefficient (Wildman–Crippen LogP) is 4.24. The quantitative estimate of drug-likeness (QED) is 0.884. The van der Waals surface area contributed by atoms with E-state index in [-0.39, 0.29) is 6.04 Å².